The van der Waals surface area contributed by atoms with Gasteiger partial charge < -0.3 is 29.8 Å². The zero-order valence-electron chi connectivity index (χ0n) is 34.1. The molecule has 15 heteroatoms. The number of para-hydroxylation sites is 1. The number of methoxy groups -OCH3 is 1. The first-order valence-electron chi connectivity index (χ1n) is 20.4. The normalized spacial score (nSPS) is 22.6. The fourth-order valence-electron chi connectivity index (χ4n) is 9.43. The minimum absolute atomic E-state index is 0.0360. The number of benzene rings is 5. The van der Waals surface area contributed by atoms with Gasteiger partial charge >= 0.3 is 12.1 Å². The number of carbonyl (C=O) groups excluding carboxylic acids is 4. The number of cyclic esters (lactones) is 1. The molecule has 318 valence electrons. The number of hydrogen-bond donors (Lipinski definition) is 2. The van der Waals surface area contributed by atoms with Crippen LogP contribution in [-0.4, -0.2) is 88.5 Å². The molecule has 0 aliphatic carbocycles. The second-order valence-electron chi connectivity index (χ2n) is 15.3. The second-order valence-corrected chi connectivity index (χ2v) is 15.3. The Morgan fingerprint density at radius 3 is 2.27 bits per heavy atom. The number of anilines is 1. The van der Waals surface area contributed by atoms with Gasteiger partial charge in [-0.05, 0) is 64.7 Å². The van der Waals surface area contributed by atoms with E-state index in [0.717, 1.165) is 16.0 Å². The maximum Gasteiger partial charge on any atom is 0.421 e. The van der Waals surface area contributed by atoms with Crippen LogP contribution in [0.3, 0.4) is 0 Å². The predicted molar refractivity (Wildman–Crippen MR) is 228 cm³/mol. The van der Waals surface area contributed by atoms with E-state index in [1.165, 1.54) is 7.11 Å². The van der Waals surface area contributed by atoms with Crippen LogP contribution < -0.4 is 15.4 Å². The number of rotatable bonds is 11. The van der Waals surface area contributed by atoms with E-state index in [4.69, 9.17) is 24.7 Å². The van der Waals surface area contributed by atoms with E-state index in [9.17, 15) is 19.5 Å². The van der Waals surface area contributed by atoms with Crippen LogP contribution in [0.4, 0.5) is 10.5 Å². The number of carbonyl (C=O) groups is 4. The predicted octanol–water partition coefficient (Wildman–Crippen LogP) is 4.79. The molecule has 3 aliphatic rings. The third-order valence-electron chi connectivity index (χ3n) is 11.9. The van der Waals surface area contributed by atoms with Crippen LogP contribution in [0.25, 0.3) is 11.0 Å². The lowest BCUT2D eigenvalue weighted by atomic mass is 9.65. The average Bonchev–Trinajstić information content (AvgIpc) is 3.95. The van der Waals surface area contributed by atoms with Gasteiger partial charge in [0.2, 0.25) is 11.8 Å². The summed E-state index contributed by atoms with van der Waals surface area (Å²) >= 11 is 0. The fourth-order valence-corrected chi connectivity index (χ4v) is 9.43. The number of fused-ring (bicyclic) bond motifs is 4. The molecule has 0 bridgehead atoms. The molecule has 1 aromatic heterocycles. The first-order chi connectivity index (χ1) is 30.8. The number of hydrogen-bond acceptors (Lipinski definition) is 12. The van der Waals surface area contributed by atoms with Crippen LogP contribution in [0.5, 0.6) is 5.75 Å². The SMILES string of the molecule is COCCOC(=O)N1C(=O)C2(c3cc(C#CCn4nnc5ccccc54)ccc31)C(C(N)=O)C1C(=O)OC(c3ccccc3)C(c3ccccc3)N1C2c1ccc(OCCO)cc1. The highest BCUT2D eigenvalue weighted by Crippen LogP contribution is 2.65. The molecule has 1 spiro atoms. The van der Waals surface area contributed by atoms with E-state index in [-0.39, 0.29) is 44.2 Å². The number of ether oxygens (including phenoxy) is 4. The minimum atomic E-state index is -2.04. The van der Waals surface area contributed by atoms with Crippen molar-refractivity contribution in [3.05, 3.63) is 155 Å². The zero-order chi connectivity index (χ0) is 43.7. The van der Waals surface area contributed by atoms with Gasteiger partial charge in [0, 0.05) is 12.7 Å². The quantitative estimate of drug-likeness (QED) is 0.103. The first-order valence-corrected chi connectivity index (χ1v) is 20.4. The maximum absolute atomic E-state index is 15.9. The highest BCUT2D eigenvalue weighted by molar-refractivity contribution is 6.23. The van der Waals surface area contributed by atoms with Gasteiger partial charge in [0.05, 0.1) is 42.4 Å². The highest BCUT2D eigenvalue weighted by atomic mass is 16.6. The molecule has 15 nitrogen and oxygen atoms in total. The highest BCUT2D eigenvalue weighted by Gasteiger charge is 2.75. The van der Waals surface area contributed by atoms with Crippen LogP contribution >= 0.6 is 0 Å². The van der Waals surface area contributed by atoms with Crippen molar-refractivity contribution >= 4 is 40.6 Å². The average molecular weight is 847 g/mol. The van der Waals surface area contributed by atoms with Crippen molar-refractivity contribution in [1.29, 1.82) is 0 Å². The molecule has 3 amide bonds. The molecule has 6 aromatic rings. The number of morpholine rings is 1. The van der Waals surface area contributed by atoms with Gasteiger partial charge in [-0.25, -0.2) is 14.4 Å². The number of nitrogens with two attached hydrogens (primary N) is 1. The van der Waals surface area contributed by atoms with E-state index in [1.807, 2.05) is 89.8 Å². The summed E-state index contributed by atoms with van der Waals surface area (Å²) < 4.78 is 24.5. The third kappa shape index (κ3) is 7.04. The first kappa shape index (κ1) is 41.0. The van der Waals surface area contributed by atoms with Crippen molar-refractivity contribution in [3.63, 3.8) is 0 Å². The zero-order valence-corrected chi connectivity index (χ0v) is 34.1. The van der Waals surface area contributed by atoms with Gasteiger partial charge in [-0.2, -0.15) is 0 Å². The Kier molecular flexibility index (Phi) is 11.2. The van der Waals surface area contributed by atoms with Crippen LogP contribution in [0, 0.1) is 17.8 Å². The van der Waals surface area contributed by atoms with E-state index in [0.29, 0.717) is 28.0 Å². The van der Waals surface area contributed by atoms with E-state index >= 15 is 4.79 Å². The summed E-state index contributed by atoms with van der Waals surface area (Å²) in [6, 6.07) is 34.6. The molecule has 9 rings (SSSR count). The monoisotopic (exact) mass is 846 g/mol. The van der Waals surface area contributed by atoms with Gasteiger partial charge in [0.1, 0.15) is 48.6 Å². The number of aliphatic hydroxyl groups excluding tert-OH is 1. The molecule has 3 N–H and O–H groups in total. The summed E-state index contributed by atoms with van der Waals surface area (Å²) in [4.78, 5) is 62.2. The number of primary amides is 1. The second kappa shape index (κ2) is 17.2. The number of amides is 3. The Morgan fingerprint density at radius 1 is 0.841 bits per heavy atom. The smallest absolute Gasteiger partial charge is 0.421 e. The number of imide groups is 1. The summed E-state index contributed by atoms with van der Waals surface area (Å²) in [5.41, 5.74) is 8.68. The topological polar surface area (TPSA) is 189 Å². The van der Waals surface area contributed by atoms with Gasteiger partial charge in [0.25, 0.3) is 0 Å². The summed E-state index contributed by atoms with van der Waals surface area (Å²) in [6.45, 7) is -0.116. The molecule has 6 unspecified atom stereocenters. The largest absolute Gasteiger partial charge is 0.491 e. The Morgan fingerprint density at radius 2 is 1.56 bits per heavy atom. The van der Waals surface area contributed by atoms with E-state index in [2.05, 4.69) is 22.2 Å². The van der Waals surface area contributed by atoms with E-state index in [1.54, 1.807) is 47.1 Å². The molecule has 4 heterocycles. The maximum atomic E-state index is 15.9. The van der Waals surface area contributed by atoms with Crippen LogP contribution in [-0.2, 0) is 40.6 Å². The summed E-state index contributed by atoms with van der Waals surface area (Å²) in [5, 5.41) is 18.0. The summed E-state index contributed by atoms with van der Waals surface area (Å²) in [5.74, 6) is 2.64. The Labute approximate surface area is 361 Å². The standard InChI is InChI=1S/C48H42N6O9/c1-60-27-28-62-47(59)53-37-23-18-30(11-10-24-52-38-17-9-8-16-36(38)50-51-52)29-35(37)48(46(53)58)39(44(49)56)41-45(57)63-42(32-14-6-3-7-15-32)40(31-12-4-2-5-13-31)54(41)43(48)33-19-21-34(22-20-33)61-26-25-55/h2-9,12-23,29,39-43,55H,24-28H2,1H3,(H2,49,56). The molecule has 2 fully saturated rings. The molecule has 6 atom stereocenters. The molecule has 63 heavy (non-hydrogen) atoms. The third-order valence-corrected chi connectivity index (χ3v) is 11.9. The molecule has 3 aliphatic heterocycles. The Hall–Kier alpha value is -7.38. The van der Waals surface area contributed by atoms with Crippen molar-refractivity contribution in [2.45, 2.75) is 36.2 Å². The van der Waals surface area contributed by atoms with Crippen molar-refractivity contribution in [2.75, 3.05) is 38.4 Å². The van der Waals surface area contributed by atoms with Crippen molar-refractivity contribution in [1.82, 2.24) is 19.9 Å². The van der Waals surface area contributed by atoms with Gasteiger partial charge in [-0.15, -0.1) is 5.10 Å². The molecule has 0 saturated carbocycles. The van der Waals surface area contributed by atoms with Gasteiger partial charge in [-0.1, -0.05) is 102 Å². The lowest BCUT2D eigenvalue weighted by Gasteiger charge is -2.46. The molecular weight excluding hydrogens is 805 g/mol. The minimum Gasteiger partial charge on any atom is -0.491 e. The van der Waals surface area contributed by atoms with Crippen LogP contribution in [0.15, 0.2) is 127 Å². The van der Waals surface area contributed by atoms with Gasteiger partial charge in [0.15, 0.2) is 0 Å². The Balaban J connectivity index is 1.29. The van der Waals surface area contributed by atoms with Crippen molar-refractivity contribution in [2.24, 2.45) is 11.7 Å². The number of aliphatic hydroxyl groups is 1. The molecule has 0 radical (unpaired) electrons. The lowest BCUT2D eigenvalue weighted by Crippen LogP contribution is -2.55. The van der Waals surface area contributed by atoms with Gasteiger partial charge in [-0.3, -0.25) is 19.3 Å². The number of esters is 1. The fraction of sp³-hybridized carbons (Fsp3) is 0.250. The van der Waals surface area contributed by atoms with Crippen LogP contribution in [0.1, 0.15) is 46.0 Å². The summed E-state index contributed by atoms with van der Waals surface area (Å²) in [7, 11) is 1.45. The van der Waals surface area contributed by atoms with Crippen molar-refractivity contribution in [3.8, 4) is 17.6 Å². The molecular formula is C48H42N6O9. The van der Waals surface area contributed by atoms with Crippen molar-refractivity contribution < 1.29 is 43.2 Å². The lowest BCUT2D eigenvalue weighted by molar-refractivity contribution is -0.178. The number of nitrogens with zero attached hydrogens (tertiary/aromatic N) is 5. The van der Waals surface area contributed by atoms with E-state index < -0.39 is 59.4 Å². The Bertz CT molecular complexity index is 2750. The van der Waals surface area contributed by atoms with Crippen LogP contribution in [0.2, 0.25) is 0 Å². The molecule has 5 aromatic carbocycles. The summed E-state index contributed by atoms with van der Waals surface area (Å²) in [6.07, 6.45) is -1.91. The molecule has 2 saturated heterocycles. The number of aromatic nitrogens is 3.